The average Bonchev–Trinajstić information content (AvgIpc) is 3.35. The average molecular weight is 303 g/mol. The Kier molecular flexibility index (Phi) is 4.70. The molecule has 3 N–H and O–H groups in total. The Labute approximate surface area is 129 Å². The zero-order chi connectivity index (χ0) is 15.4. The highest BCUT2D eigenvalue weighted by Gasteiger charge is 2.29. The molecular formula is C16H21N3O3. The zero-order valence-electron chi connectivity index (χ0n) is 12.4. The first kappa shape index (κ1) is 15.0. The van der Waals surface area contributed by atoms with Crippen molar-refractivity contribution in [2.75, 3.05) is 30.3 Å². The Balaban J connectivity index is 1.47. The second-order valence-corrected chi connectivity index (χ2v) is 5.79. The molecule has 1 atom stereocenters. The molecule has 0 bridgehead atoms. The molecule has 2 aliphatic rings. The quantitative estimate of drug-likeness (QED) is 0.767. The van der Waals surface area contributed by atoms with Gasteiger partial charge in [-0.2, -0.15) is 0 Å². The Morgan fingerprint density at radius 3 is 2.41 bits per heavy atom. The molecule has 0 spiro atoms. The molecule has 2 fully saturated rings. The van der Waals surface area contributed by atoms with Crippen LogP contribution in [0.5, 0.6) is 0 Å². The fourth-order valence-corrected chi connectivity index (χ4v) is 2.40. The summed E-state index contributed by atoms with van der Waals surface area (Å²) >= 11 is 0. The summed E-state index contributed by atoms with van der Waals surface area (Å²) in [5.74, 6) is 0.200. The van der Waals surface area contributed by atoms with Crippen molar-refractivity contribution in [3.05, 3.63) is 24.3 Å². The minimum Gasteiger partial charge on any atom is -0.375 e. The van der Waals surface area contributed by atoms with E-state index >= 15 is 0 Å². The highest BCUT2D eigenvalue weighted by Crippen LogP contribution is 2.30. The van der Waals surface area contributed by atoms with E-state index in [0.29, 0.717) is 19.6 Å². The van der Waals surface area contributed by atoms with Gasteiger partial charge < -0.3 is 20.7 Å². The third-order valence-corrected chi connectivity index (χ3v) is 3.80. The fourth-order valence-electron chi connectivity index (χ4n) is 2.40. The van der Waals surface area contributed by atoms with Gasteiger partial charge in [-0.25, -0.2) is 0 Å². The molecule has 6 nitrogen and oxygen atoms in total. The highest BCUT2D eigenvalue weighted by atomic mass is 16.5. The van der Waals surface area contributed by atoms with Gasteiger partial charge in [-0.1, -0.05) is 0 Å². The van der Waals surface area contributed by atoms with E-state index < -0.39 is 0 Å². The van der Waals surface area contributed by atoms with Crippen LogP contribution in [-0.2, 0) is 14.3 Å². The Bertz CT molecular complexity index is 534. The molecule has 0 radical (unpaired) electrons. The van der Waals surface area contributed by atoms with Gasteiger partial charge in [0.1, 0.15) is 0 Å². The lowest BCUT2D eigenvalue weighted by Crippen LogP contribution is -2.40. The molecule has 1 aromatic rings. The van der Waals surface area contributed by atoms with Crippen molar-refractivity contribution >= 4 is 23.2 Å². The van der Waals surface area contributed by atoms with Crippen LogP contribution in [0.1, 0.15) is 19.3 Å². The first-order valence-electron chi connectivity index (χ1n) is 7.74. The lowest BCUT2D eigenvalue weighted by molar-refractivity contribution is -0.119. The van der Waals surface area contributed by atoms with Gasteiger partial charge in [0.05, 0.1) is 19.1 Å². The lowest BCUT2D eigenvalue weighted by atomic mass is 10.2. The molecule has 2 amide bonds. The Hall–Kier alpha value is -1.92. The van der Waals surface area contributed by atoms with Crippen LogP contribution < -0.4 is 16.0 Å². The predicted molar refractivity (Wildman–Crippen MR) is 83.7 cm³/mol. The van der Waals surface area contributed by atoms with Crippen molar-refractivity contribution in [3.8, 4) is 0 Å². The van der Waals surface area contributed by atoms with Gasteiger partial charge in [0, 0.05) is 30.4 Å². The van der Waals surface area contributed by atoms with Crippen molar-refractivity contribution in [1.29, 1.82) is 0 Å². The molecule has 1 aromatic carbocycles. The minimum atomic E-state index is -0.0662. The normalized spacial score (nSPS) is 21.2. The van der Waals surface area contributed by atoms with E-state index in [2.05, 4.69) is 16.0 Å². The molecule has 0 aromatic heterocycles. The van der Waals surface area contributed by atoms with E-state index in [4.69, 9.17) is 4.74 Å². The maximum absolute atomic E-state index is 12.0. The number of morpholine rings is 1. The van der Waals surface area contributed by atoms with Crippen LogP contribution in [-0.4, -0.2) is 37.6 Å². The molecule has 1 aliphatic heterocycles. The second kappa shape index (κ2) is 6.89. The molecular weight excluding hydrogens is 282 g/mol. The van der Waals surface area contributed by atoms with Crippen molar-refractivity contribution in [2.45, 2.75) is 25.4 Å². The summed E-state index contributed by atoms with van der Waals surface area (Å²) in [4.78, 5) is 23.6. The Morgan fingerprint density at radius 1 is 1.14 bits per heavy atom. The number of hydrogen-bond donors (Lipinski definition) is 3. The number of nitrogens with one attached hydrogen (secondary N) is 3. The smallest absolute Gasteiger partial charge is 0.227 e. The van der Waals surface area contributed by atoms with Gasteiger partial charge in [0.2, 0.25) is 11.8 Å². The fraction of sp³-hybridized carbons (Fsp3) is 0.500. The van der Waals surface area contributed by atoms with Gasteiger partial charge in [-0.3, -0.25) is 9.59 Å². The Morgan fingerprint density at radius 2 is 1.82 bits per heavy atom. The van der Waals surface area contributed by atoms with E-state index in [1.165, 1.54) is 0 Å². The third-order valence-electron chi connectivity index (χ3n) is 3.80. The molecule has 22 heavy (non-hydrogen) atoms. The van der Waals surface area contributed by atoms with E-state index in [1.807, 2.05) is 0 Å². The van der Waals surface area contributed by atoms with Crippen LogP contribution in [0.3, 0.4) is 0 Å². The largest absolute Gasteiger partial charge is 0.375 e. The number of ether oxygens (including phenoxy) is 1. The van der Waals surface area contributed by atoms with Crippen molar-refractivity contribution in [1.82, 2.24) is 5.32 Å². The number of anilines is 2. The lowest BCUT2D eigenvalue weighted by Gasteiger charge is -2.23. The van der Waals surface area contributed by atoms with Crippen molar-refractivity contribution in [3.63, 3.8) is 0 Å². The molecule has 1 saturated heterocycles. The van der Waals surface area contributed by atoms with Gasteiger partial charge in [0.15, 0.2) is 0 Å². The van der Waals surface area contributed by atoms with Crippen LogP contribution in [0.25, 0.3) is 0 Å². The topological polar surface area (TPSA) is 79.5 Å². The van der Waals surface area contributed by atoms with E-state index in [1.54, 1.807) is 24.3 Å². The van der Waals surface area contributed by atoms with Gasteiger partial charge in [-0.05, 0) is 37.1 Å². The summed E-state index contributed by atoms with van der Waals surface area (Å²) in [6.45, 7) is 2.19. The van der Waals surface area contributed by atoms with Gasteiger partial charge >= 0.3 is 0 Å². The molecule has 1 aliphatic carbocycles. The third kappa shape index (κ3) is 4.29. The number of rotatable bonds is 5. The van der Waals surface area contributed by atoms with Crippen LogP contribution in [0.15, 0.2) is 24.3 Å². The summed E-state index contributed by atoms with van der Waals surface area (Å²) < 4.78 is 5.51. The van der Waals surface area contributed by atoms with Crippen molar-refractivity contribution < 1.29 is 14.3 Å². The number of amides is 2. The first-order chi connectivity index (χ1) is 10.7. The maximum Gasteiger partial charge on any atom is 0.227 e. The number of benzene rings is 1. The van der Waals surface area contributed by atoms with Crippen LogP contribution in [0.2, 0.25) is 0 Å². The molecule has 1 heterocycles. The molecule has 6 heteroatoms. The minimum absolute atomic E-state index is 0.0640. The van der Waals surface area contributed by atoms with E-state index in [0.717, 1.165) is 30.8 Å². The second-order valence-electron chi connectivity index (χ2n) is 5.79. The standard InChI is InChI=1S/C16H21N3O3/c20-15(9-14-10-17-7-8-22-14)18-12-3-5-13(6-4-12)19-16(21)11-1-2-11/h3-6,11,14,17H,1-2,7-10H2,(H,18,20)(H,19,21). The summed E-state index contributed by atoms with van der Waals surface area (Å²) in [5.41, 5.74) is 1.48. The van der Waals surface area contributed by atoms with E-state index in [9.17, 15) is 9.59 Å². The molecule has 3 rings (SSSR count). The molecule has 1 saturated carbocycles. The van der Waals surface area contributed by atoms with Crippen LogP contribution >= 0.6 is 0 Å². The monoisotopic (exact) mass is 303 g/mol. The SMILES string of the molecule is O=C(CC1CNCCO1)Nc1ccc(NC(=O)C2CC2)cc1. The first-order valence-corrected chi connectivity index (χ1v) is 7.74. The molecule has 118 valence electrons. The number of carbonyl (C=O) groups excluding carboxylic acids is 2. The number of carbonyl (C=O) groups is 2. The molecule has 1 unspecified atom stereocenters. The predicted octanol–water partition coefficient (Wildman–Crippen LogP) is 1.35. The zero-order valence-corrected chi connectivity index (χ0v) is 12.4. The highest BCUT2D eigenvalue weighted by molar-refractivity contribution is 5.95. The number of hydrogen-bond acceptors (Lipinski definition) is 4. The van der Waals surface area contributed by atoms with Crippen LogP contribution in [0.4, 0.5) is 11.4 Å². The van der Waals surface area contributed by atoms with Gasteiger partial charge in [-0.15, -0.1) is 0 Å². The van der Waals surface area contributed by atoms with E-state index in [-0.39, 0.29) is 23.8 Å². The summed E-state index contributed by atoms with van der Waals surface area (Å²) in [5, 5.41) is 8.91. The summed E-state index contributed by atoms with van der Waals surface area (Å²) in [6.07, 6.45) is 2.24. The maximum atomic E-state index is 12.0. The van der Waals surface area contributed by atoms with Gasteiger partial charge in [0.25, 0.3) is 0 Å². The summed E-state index contributed by atoms with van der Waals surface area (Å²) in [7, 11) is 0. The van der Waals surface area contributed by atoms with Crippen LogP contribution in [0, 0.1) is 5.92 Å². The van der Waals surface area contributed by atoms with Crippen molar-refractivity contribution in [2.24, 2.45) is 5.92 Å². The summed E-state index contributed by atoms with van der Waals surface area (Å²) in [6, 6.07) is 7.18.